The summed E-state index contributed by atoms with van der Waals surface area (Å²) < 4.78 is 10.6. The van der Waals surface area contributed by atoms with Gasteiger partial charge in [-0.25, -0.2) is 0 Å². The Balaban J connectivity index is 3.05. The molecular weight excluding hydrogens is 194 g/mol. The van der Waals surface area contributed by atoms with E-state index < -0.39 is 0 Å². The zero-order chi connectivity index (χ0) is 11.3. The van der Waals surface area contributed by atoms with Crippen molar-refractivity contribution in [2.75, 3.05) is 21.3 Å². The number of hydrogen-bond acceptors (Lipinski definition) is 4. The third kappa shape index (κ3) is 2.61. The summed E-state index contributed by atoms with van der Waals surface area (Å²) in [6.45, 7) is 2.56. The second kappa shape index (κ2) is 5.58. The molecule has 0 spiro atoms. The minimum Gasteiger partial charge on any atom is -0.493 e. The van der Waals surface area contributed by atoms with E-state index in [2.05, 4.69) is 5.48 Å². The number of benzene rings is 1. The molecule has 1 rings (SSSR count). The van der Waals surface area contributed by atoms with Gasteiger partial charge in [-0.05, 0) is 12.5 Å². The highest BCUT2D eigenvalue weighted by molar-refractivity contribution is 5.51. The first-order valence-corrected chi connectivity index (χ1v) is 4.70. The summed E-state index contributed by atoms with van der Waals surface area (Å²) in [5, 5.41) is 0. The van der Waals surface area contributed by atoms with E-state index in [1.807, 2.05) is 19.1 Å². The fraction of sp³-hybridized carbons (Fsp3) is 0.455. The van der Waals surface area contributed by atoms with Crippen LogP contribution < -0.4 is 15.0 Å². The first kappa shape index (κ1) is 11.8. The molecule has 0 amide bonds. The third-order valence-electron chi connectivity index (χ3n) is 2.21. The van der Waals surface area contributed by atoms with Crippen molar-refractivity contribution in [2.45, 2.75) is 13.5 Å². The van der Waals surface area contributed by atoms with Crippen molar-refractivity contribution < 1.29 is 14.3 Å². The topological polar surface area (TPSA) is 39.7 Å². The van der Waals surface area contributed by atoms with Crippen LogP contribution in [0.2, 0.25) is 0 Å². The minimum atomic E-state index is 0.580. The van der Waals surface area contributed by atoms with Crippen LogP contribution in [0.3, 0.4) is 0 Å². The Bertz CT molecular complexity index is 326. The van der Waals surface area contributed by atoms with E-state index in [9.17, 15) is 0 Å². The van der Waals surface area contributed by atoms with Crippen LogP contribution in [0, 0.1) is 6.92 Å². The molecule has 15 heavy (non-hydrogen) atoms. The van der Waals surface area contributed by atoms with E-state index in [-0.39, 0.29) is 0 Å². The predicted octanol–water partition coefficient (Wildman–Crippen LogP) is 1.66. The molecule has 0 aromatic heterocycles. The molecule has 4 heteroatoms. The second-order valence-corrected chi connectivity index (χ2v) is 3.13. The normalized spacial score (nSPS) is 10.1. The van der Waals surface area contributed by atoms with Crippen molar-refractivity contribution in [3.05, 3.63) is 23.3 Å². The van der Waals surface area contributed by atoms with Gasteiger partial charge in [0.15, 0.2) is 11.5 Å². The van der Waals surface area contributed by atoms with Crippen molar-refractivity contribution in [1.82, 2.24) is 5.48 Å². The average Bonchev–Trinajstić information content (AvgIpc) is 2.26. The SMILES string of the molecule is CONCc1ccc(C)c(OC)c1OC. The predicted molar refractivity (Wildman–Crippen MR) is 58.1 cm³/mol. The lowest BCUT2D eigenvalue weighted by atomic mass is 10.1. The zero-order valence-electron chi connectivity index (χ0n) is 9.59. The van der Waals surface area contributed by atoms with Gasteiger partial charge in [-0.15, -0.1) is 0 Å². The molecule has 0 fully saturated rings. The summed E-state index contributed by atoms with van der Waals surface area (Å²) in [5.74, 6) is 1.52. The van der Waals surface area contributed by atoms with Gasteiger partial charge in [0.05, 0.1) is 21.3 Å². The van der Waals surface area contributed by atoms with Gasteiger partial charge in [0.2, 0.25) is 0 Å². The number of hydroxylamine groups is 1. The summed E-state index contributed by atoms with van der Waals surface area (Å²) >= 11 is 0. The van der Waals surface area contributed by atoms with Crippen molar-refractivity contribution >= 4 is 0 Å². The van der Waals surface area contributed by atoms with Crippen LogP contribution in [0.1, 0.15) is 11.1 Å². The summed E-state index contributed by atoms with van der Waals surface area (Å²) in [7, 11) is 4.85. The van der Waals surface area contributed by atoms with Crippen LogP contribution in [0.5, 0.6) is 11.5 Å². The summed E-state index contributed by atoms with van der Waals surface area (Å²) in [5.41, 5.74) is 4.83. The fourth-order valence-electron chi connectivity index (χ4n) is 1.47. The molecule has 1 aromatic rings. The second-order valence-electron chi connectivity index (χ2n) is 3.13. The van der Waals surface area contributed by atoms with Crippen molar-refractivity contribution in [3.63, 3.8) is 0 Å². The van der Waals surface area contributed by atoms with Gasteiger partial charge in [0.25, 0.3) is 0 Å². The van der Waals surface area contributed by atoms with E-state index >= 15 is 0 Å². The summed E-state index contributed by atoms with van der Waals surface area (Å²) in [4.78, 5) is 4.80. The number of aryl methyl sites for hydroxylation is 1. The number of rotatable bonds is 5. The smallest absolute Gasteiger partial charge is 0.165 e. The average molecular weight is 211 g/mol. The van der Waals surface area contributed by atoms with Gasteiger partial charge >= 0.3 is 0 Å². The Kier molecular flexibility index (Phi) is 4.39. The van der Waals surface area contributed by atoms with Crippen LogP contribution in [-0.2, 0) is 11.4 Å². The number of methoxy groups -OCH3 is 2. The lowest BCUT2D eigenvalue weighted by molar-refractivity contribution is 0.0860. The minimum absolute atomic E-state index is 0.580. The standard InChI is InChI=1S/C11H17NO3/c1-8-5-6-9(7-12-15-4)11(14-3)10(8)13-2/h5-6,12H,7H2,1-4H3. The molecule has 0 heterocycles. The molecular formula is C11H17NO3. The number of nitrogens with one attached hydrogen (secondary N) is 1. The first-order valence-electron chi connectivity index (χ1n) is 4.70. The Labute approximate surface area is 90.1 Å². The number of hydrogen-bond donors (Lipinski definition) is 1. The van der Waals surface area contributed by atoms with Gasteiger partial charge < -0.3 is 14.3 Å². The summed E-state index contributed by atoms with van der Waals surface area (Å²) in [6, 6.07) is 3.98. The van der Waals surface area contributed by atoms with Crippen LogP contribution in [0.15, 0.2) is 12.1 Å². The van der Waals surface area contributed by atoms with Crippen molar-refractivity contribution in [2.24, 2.45) is 0 Å². The van der Waals surface area contributed by atoms with E-state index in [4.69, 9.17) is 14.3 Å². The molecule has 0 aliphatic carbocycles. The maximum atomic E-state index is 5.32. The highest BCUT2D eigenvalue weighted by Gasteiger charge is 2.11. The fourth-order valence-corrected chi connectivity index (χ4v) is 1.47. The molecule has 0 saturated carbocycles. The molecule has 0 bridgehead atoms. The first-order chi connectivity index (χ1) is 7.24. The molecule has 4 nitrogen and oxygen atoms in total. The molecule has 0 saturated heterocycles. The van der Waals surface area contributed by atoms with Gasteiger partial charge in [0.1, 0.15) is 0 Å². The Morgan fingerprint density at radius 3 is 2.27 bits per heavy atom. The Morgan fingerprint density at radius 2 is 1.73 bits per heavy atom. The van der Waals surface area contributed by atoms with Crippen LogP contribution in [-0.4, -0.2) is 21.3 Å². The molecule has 0 aliphatic rings. The molecule has 1 aromatic carbocycles. The lowest BCUT2D eigenvalue weighted by Crippen LogP contribution is -2.12. The molecule has 0 unspecified atom stereocenters. The maximum Gasteiger partial charge on any atom is 0.165 e. The largest absolute Gasteiger partial charge is 0.493 e. The van der Waals surface area contributed by atoms with Crippen LogP contribution in [0.25, 0.3) is 0 Å². The monoisotopic (exact) mass is 211 g/mol. The van der Waals surface area contributed by atoms with E-state index in [1.54, 1.807) is 21.3 Å². The van der Waals surface area contributed by atoms with Crippen LogP contribution >= 0.6 is 0 Å². The molecule has 0 atom stereocenters. The van der Waals surface area contributed by atoms with E-state index in [0.717, 1.165) is 22.6 Å². The third-order valence-corrected chi connectivity index (χ3v) is 2.21. The Hall–Kier alpha value is -1.26. The van der Waals surface area contributed by atoms with Gasteiger partial charge in [-0.1, -0.05) is 12.1 Å². The van der Waals surface area contributed by atoms with E-state index in [1.165, 1.54) is 0 Å². The summed E-state index contributed by atoms with van der Waals surface area (Å²) in [6.07, 6.45) is 0. The van der Waals surface area contributed by atoms with Gasteiger partial charge in [-0.3, -0.25) is 0 Å². The Morgan fingerprint density at radius 1 is 1.07 bits per heavy atom. The number of ether oxygens (including phenoxy) is 2. The van der Waals surface area contributed by atoms with Crippen LogP contribution in [0.4, 0.5) is 0 Å². The quantitative estimate of drug-likeness (QED) is 0.752. The molecule has 1 N–H and O–H groups in total. The van der Waals surface area contributed by atoms with Crippen molar-refractivity contribution in [1.29, 1.82) is 0 Å². The van der Waals surface area contributed by atoms with Crippen molar-refractivity contribution in [3.8, 4) is 11.5 Å². The zero-order valence-corrected chi connectivity index (χ0v) is 9.59. The van der Waals surface area contributed by atoms with Gasteiger partial charge in [0, 0.05) is 12.1 Å². The van der Waals surface area contributed by atoms with Gasteiger partial charge in [-0.2, -0.15) is 5.48 Å². The molecule has 0 aliphatic heterocycles. The van der Waals surface area contributed by atoms with E-state index in [0.29, 0.717) is 6.54 Å². The molecule has 0 radical (unpaired) electrons. The highest BCUT2D eigenvalue weighted by atomic mass is 16.6. The highest BCUT2D eigenvalue weighted by Crippen LogP contribution is 2.34. The molecule has 84 valence electrons. The lowest BCUT2D eigenvalue weighted by Gasteiger charge is -2.14. The maximum absolute atomic E-state index is 5.32.